The third kappa shape index (κ3) is 1.49. The van der Waals surface area contributed by atoms with Crippen molar-refractivity contribution in [3.05, 3.63) is 33.1 Å². The van der Waals surface area contributed by atoms with E-state index < -0.39 is 11.2 Å². The normalized spacial score (nSPS) is 30.7. The standard InChI is InChI=1S/C12H14N2O3/c15-9-3-6-14(11(17)13-9)10(16)12-4-1-8(7-12)2-5-12/h3,6,8H,1-2,4-5,7H2,(H,13,15,17). The second kappa shape index (κ2) is 3.42. The average molecular weight is 234 g/mol. The van der Waals surface area contributed by atoms with E-state index in [0.29, 0.717) is 5.92 Å². The van der Waals surface area contributed by atoms with Crippen LogP contribution in [-0.2, 0) is 0 Å². The maximum Gasteiger partial charge on any atom is 0.335 e. The van der Waals surface area contributed by atoms with Gasteiger partial charge in [-0.1, -0.05) is 0 Å². The highest BCUT2D eigenvalue weighted by Gasteiger charge is 2.50. The number of aromatic nitrogens is 2. The summed E-state index contributed by atoms with van der Waals surface area (Å²) < 4.78 is 1.06. The first-order valence-electron chi connectivity index (χ1n) is 5.98. The van der Waals surface area contributed by atoms with Gasteiger partial charge in [0.05, 0.1) is 5.41 Å². The smallest absolute Gasteiger partial charge is 0.274 e. The molecule has 0 spiro atoms. The Morgan fingerprint density at radius 1 is 1.35 bits per heavy atom. The van der Waals surface area contributed by atoms with Crippen LogP contribution >= 0.6 is 0 Å². The molecule has 1 heterocycles. The van der Waals surface area contributed by atoms with Gasteiger partial charge in [0.15, 0.2) is 0 Å². The fraction of sp³-hybridized carbons (Fsp3) is 0.583. The number of nitrogens with one attached hydrogen (secondary N) is 1. The Kier molecular flexibility index (Phi) is 2.11. The third-order valence-electron chi connectivity index (χ3n) is 4.24. The number of rotatable bonds is 1. The van der Waals surface area contributed by atoms with Crippen molar-refractivity contribution in [2.45, 2.75) is 32.1 Å². The Morgan fingerprint density at radius 3 is 2.59 bits per heavy atom. The molecule has 1 aromatic heterocycles. The van der Waals surface area contributed by atoms with E-state index >= 15 is 0 Å². The van der Waals surface area contributed by atoms with Crippen LogP contribution in [0.25, 0.3) is 0 Å². The molecule has 3 rings (SSSR count). The second-order valence-electron chi connectivity index (χ2n) is 5.21. The van der Waals surface area contributed by atoms with E-state index in [1.165, 1.54) is 12.3 Å². The second-order valence-corrected chi connectivity index (χ2v) is 5.21. The van der Waals surface area contributed by atoms with E-state index in [0.717, 1.165) is 36.7 Å². The molecule has 5 heteroatoms. The minimum Gasteiger partial charge on any atom is -0.274 e. The van der Waals surface area contributed by atoms with Gasteiger partial charge in [-0.2, -0.15) is 0 Å². The summed E-state index contributed by atoms with van der Waals surface area (Å²) in [5.74, 6) is 0.510. The van der Waals surface area contributed by atoms with Crippen LogP contribution in [0.4, 0.5) is 0 Å². The summed E-state index contributed by atoms with van der Waals surface area (Å²) in [6.07, 6.45) is 6.12. The first-order chi connectivity index (χ1) is 8.11. The van der Waals surface area contributed by atoms with Gasteiger partial charge >= 0.3 is 5.69 Å². The summed E-state index contributed by atoms with van der Waals surface area (Å²) in [5, 5.41) is 0. The molecule has 2 aliphatic carbocycles. The van der Waals surface area contributed by atoms with Crippen LogP contribution in [0.1, 0.15) is 36.9 Å². The predicted molar refractivity (Wildman–Crippen MR) is 61.0 cm³/mol. The molecule has 0 aromatic carbocycles. The van der Waals surface area contributed by atoms with Crippen LogP contribution < -0.4 is 11.2 Å². The Morgan fingerprint density at radius 2 is 2.06 bits per heavy atom. The predicted octanol–water partition coefficient (Wildman–Crippen LogP) is 0.757. The number of fused-ring (bicyclic) bond motifs is 2. The molecule has 5 nitrogen and oxygen atoms in total. The number of H-pyrrole nitrogens is 1. The molecular weight excluding hydrogens is 220 g/mol. The molecule has 0 amide bonds. The largest absolute Gasteiger partial charge is 0.335 e. The summed E-state index contributed by atoms with van der Waals surface area (Å²) in [6.45, 7) is 0. The van der Waals surface area contributed by atoms with E-state index in [-0.39, 0.29) is 11.3 Å². The van der Waals surface area contributed by atoms with Gasteiger partial charge in [-0.3, -0.25) is 14.6 Å². The summed E-state index contributed by atoms with van der Waals surface area (Å²) in [7, 11) is 0. The van der Waals surface area contributed by atoms with Crippen molar-refractivity contribution < 1.29 is 4.79 Å². The summed E-state index contributed by atoms with van der Waals surface area (Å²) in [5.41, 5.74) is -1.42. The zero-order valence-corrected chi connectivity index (χ0v) is 9.44. The Bertz CT molecular complexity index is 576. The molecule has 17 heavy (non-hydrogen) atoms. The molecule has 0 unspecified atom stereocenters. The summed E-state index contributed by atoms with van der Waals surface area (Å²) in [6, 6.07) is 1.22. The summed E-state index contributed by atoms with van der Waals surface area (Å²) >= 11 is 0. The van der Waals surface area contributed by atoms with Crippen molar-refractivity contribution in [2.24, 2.45) is 11.3 Å². The SMILES string of the molecule is O=C(n1ccc(=O)[nH]c1=O)C12CCC(CC1)C2. The third-order valence-corrected chi connectivity index (χ3v) is 4.24. The highest BCUT2D eigenvalue weighted by atomic mass is 16.2. The summed E-state index contributed by atoms with van der Waals surface area (Å²) in [4.78, 5) is 37.1. The van der Waals surface area contributed by atoms with Gasteiger partial charge < -0.3 is 0 Å². The molecule has 2 aliphatic rings. The molecule has 0 atom stereocenters. The van der Waals surface area contributed by atoms with Crippen LogP contribution in [-0.4, -0.2) is 15.5 Å². The molecule has 2 fully saturated rings. The van der Waals surface area contributed by atoms with E-state index in [4.69, 9.17) is 0 Å². The topological polar surface area (TPSA) is 71.9 Å². The zero-order chi connectivity index (χ0) is 12.0. The van der Waals surface area contributed by atoms with Crippen LogP contribution in [0, 0.1) is 11.3 Å². The van der Waals surface area contributed by atoms with Crippen molar-refractivity contribution in [1.82, 2.24) is 9.55 Å². The van der Waals surface area contributed by atoms with Gasteiger partial charge in [0, 0.05) is 12.3 Å². The Hall–Kier alpha value is -1.65. The van der Waals surface area contributed by atoms with E-state index in [1.807, 2.05) is 0 Å². The van der Waals surface area contributed by atoms with Crippen LogP contribution in [0.2, 0.25) is 0 Å². The van der Waals surface area contributed by atoms with Gasteiger partial charge in [-0.05, 0) is 38.0 Å². The lowest BCUT2D eigenvalue weighted by Gasteiger charge is -2.24. The molecule has 2 saturated carbocycles. The molecule has 0 radical (unpaired) electrons. The molecular formula is C12H14N2O3. The van der Waals surface area contributed by atoms with E-state index in [9.17, 15) is 14.4 Å². The van der Waals surface area contributed by atoms with Gasteiger partial charge in [-0.15, -0.1) is 0 Å². The zero-order valence-electron chi connectivity index (χ0n) is 9.44. The first-order valence-corrected chi connectivity index (χ1v) is 5.98. The van der Waals surface area contributed by atoms with Gasteiger partial charge in [0.2, 0.25) is 5.91 Å². The molecule has 90 valence electrons. The maximum absolute atomic E-state index is 12.4. The van der Waals surface area contributed by atoms with Gasteiger partial charge in [-0.25, -0.2) is 9.36 Å². The van der Waals surface area contributed by atoms with Crippen molar-refractivity contribution in [1.29, 1.82) is 0 Å². The van der Waals surface area contributed by atoms with E-state index in [2.05, 4.69) is 4.98 Å². The molecule has 1 N–H and O–H groups in total. The van der Waals surface area contributed by atoms with Crippen LogP contribution in [0.15, 0.2) is 21.9 Å². The Balaban J connectivity index is 2.02. The van der Waals surface area contributed by atoms with Crippen molar-refractivity contribution in [3.8, 4) is 0 Å². The van der Waals surface area contributed by atoms with Crippen molar-refractivity contribution >= 4 is 5.91 Å². The number of nitrogens with zero attached hydrogens (tertiary/aromatic N) is 1. The number of carbonyl (C=O) groups excluding carboxylic acids is 1. The van der Waals surface area contributed by atoms with Crippen molar-refractivity contribution in [2.75, 3.05) is 0 Å². The maximum atomic E-state index is 12.4. The fourth-order valence-corrected chi connectivity index (χ4v) is 3.32. The molecule has 2 bridgehead atoms. The highest BCUT2D eigenvalue weighted by molar-refractivity contribution is 5.85. The lowest BCUT2D eigenvalue weighted by Crippen LogP contribution is -2.40. The van der Waals surface area contributed by atoms with Crippen molar-refractivity contribution in [3.63, 3.8) is 0 Å². The first kappa shape index (κ1) is 10.5. The van der Waals surface area contributed by atoms with Gasteiger partial charge in [0.1, 0.15) is 0 Å². The average Bonchev–Trinajstić information content (AvgIpc) is 2.89. The molecule has 0 saturated heterocycles. The Labute approximate surface area is 97.5 Å². The lowest BCUT2D eigenvalue weighted by atomic mass is 9.83. The van der Waals surface area contributed by atoms with E-state index in [1.54, 1.807) is 0 Å². The highest BCUT2D eigenvalue weighted by Crippen LogP contribution is 2.54. The van der Waals surface area contributed by atoms with Gasteiger partial charge in [0.25, 0.3) is 5.56 Å². The van der Waals surface area contributed by atoms with Crippen LogP contribution in [0.5, 0.6) is 0 Å². The number of hydrogen-bond acceptors (Lipinski definition) is 3. The monoisotopic (exact) mass is 234 g/mol. The minimum absolute atomic E-state index is 0.140. The number of carbonyl (C=O) groups is 1. The molecule has 1 aromatic rings. The number of aromatic amines is 1. The van der Waals surface area contributed by atoms with Crippen LogP contribution in [0.3, 0.4) is 0 Å². The number of hydrogen-bond donors (Lipinski definition) is 1. The fourth-order valence-electron chi connectivity index (χ4n) is 3.32. The minimum atomic E-state index is -0.618. The lowest BCUT2D eigenvalue weighted by molar-refractivity contribution is 0.0700. The molecule has 0 aliphatic heterocycles. The quantitative estimate of drug-likeness (QED) is 0.779.